The molecule has 12 heavy (non-hydrogen) atoms. The number of aliphatic hydroxyl groups is 4. The summed E-state index contributed by atoms with van der Waals surface area (Å²) in [5, 5.41) is 46.3. The van der Waals surface area contributed by atoms with Gasteiger partial charge in [-0.3, -0.25) is 0 Å². The number of ether oxygens (including phenoxy) is 1. The molecule has 2 unspecified atom stereocenters. The van der Waals surface area contributed by atoms with E-state index in [1.54, 1.807) is 0 Å². The summed E-state index contributed by atoms with van der Waals surface area (Å²) in [7, 11) is 0. The second-order valence-electron chi connectivity index (χ2n) is 2.70. The molecule has 0 saturated carbocycles. The van der Waals surface area contributed by atoms with Crippen molar-refractivity contribution in [3.05, 3.63) is 0 Å². The van der Waals surface area contributed by atoms with Crippen LogP contribution in [0.2, 0.25) is 0 Å². The van der Waals surface area contributed by atoms with Crippen molar-refractivity contribution >= 4 is 0 Å². The minimum Gasteiger partial charge on any atom is -0.394 e. The lowest BCUT2D eigenvalue weighted by molar-refractivity contribution is -0.303. The van der Waals surface area contributed by atoms with E-state index in [4.69, 9.17) is 20.4 Å². The van der Waals surface area contributed by atoms with E-state index >= 15 is 0 Å². The van der Waals surface area contributed by atoms with Crippen molar-refractivity contribution in [2.24, 2.45) is 0 Å². The Kier molecular flexibility index (Phi) is 2.99. The average molecular weight is 179 g/mol. The van der Waals surface area contributed by atoms with Crippen molar-refractivity contribution < 1.29 is 30.3 Å². The number of rotatable bonds is 1. The predicted octanol–water partition coefficient (Wildman–Crippen LogP) is -2.78. The third-order valence-corrected chi connectivity index (χ3v) is 1.85. The first-order valence-electron chi connectivity index (χ1n) is 3.54. The van der Waals surface area contributed by atoms with Crippen LogP contribution in [0.4, 0.5) is 0 Å². The van der Waals surface area contributed by atoms with E-state index in [0.717, 1.165) is 0 Å². The molecule has 1 rings (SSSR count). The monoisotopic (exact) mass is 179 g/mol. The van der Waals surface area contributed by atoms with Gasteiger partial charge in [-0.05, 0) is 0 Å². The number of aliphatic hydroxyl groups excluding tert-OH is 4. The highest BCUT2D eigenvalue weighted by molar-refractivity contribution is 4.87. The molecule has 4 N–H and O–H groups in total. The molecule has 6 heteroatoms. The minimum absolute atomic E-state index is 0.566. The lowest BCUT2D eigenvalue weighted by Crippen LogP contribution is -2.58. The van der Waals surface area contributed by atoms with Gasteiger partial charge in [0, 0.05) is 0 Å². The highest BCUT2D eigenvalue weighted by atomic mass is 16.6. The summed E-state index contributed by atoms with van der Waals surface area (Å²) >= 11 is 0. The Labute approximate surface area is 68.6 Å². The molecule has 0 spiro atoms. The Morgan fingerprint density at radius 3 is 2.17 bits per heavy atom. The first-order chi connectivity index (χ1) is 5.57. The molecule has 1 aliphatic rings. The van der Waals surface area contributed by atoms with Gasteiger partial charge in [-0.2, -0.15) is 5.11 Å². The smallest absolute Gasteiger partial charge is 0.220 e. The van der Waals surface area contributed by atoms with Gasteiger partial charge in [-0.25, -0.2) is 0 Å². The van der Waals surface area contributed by atoms with Crippen LogP contribution in [0, 0.1) is 0 Å². The van der Waals surface area contributed by atoms with Crippen LogP contribution in [0.15, 0.2) is 0 Å². The van der Waals surface area contributed by atoms with Crippen molar-refractivity contribution in [1.29, 1.82) is 0 Å². The Morgan fingerprint density at radius 2 is 1.67 bits per heavy atom. The molecule has 0 aromatic carbocycles. The normalized spacial score (nSPS) is 49.2. The fourth-order valence-corrected chi connectivity index (χ4v) is 1.07. The second-order valence-corrected chi connectivity index (χ2v) is 2.70. The molecular weight excluding hydrogens is 168 g/mol. The van der Waals surface area contributed by atoms with Gasteiger partial charge in [0.1, 0.15) is 24.4 Å². The van der Waals surface area contributed by atoms with E-state index in [2.05, 4.69) is 4.74 Å². The van der Waals surface area contributed by atoms with E-state index in [9.17, 15) is 5.11 Å². The molecule has 0 aromatic heterocycles. The van der Waals surface area contributed by atoms with Gasteiger partial charge in [0.2, 0.25) is 6.29 Å². The molecule has 1 fully saturated rings. The standard InChI is InChI=1S/C6H11O6/c7-1-2-3(8)4(9)5(10)6(11)12-2/h2-10H,1H2/t2?,3-,4+,5?,6+/m0/s1. The maximum absolute atomic E-state index is 10.7. The zero-order valence-electron chi connectivity index (χ0n) is 6.20. The molecule has 0 aliphatic carbocycles. The first kappa shape index (κ1) is 9.85. The molecule has 1 radical (unpaired) electrons. The van der Waals surface area contributed by atoms with Gasteiger partial charge in [0.05, 0.1) is 6.61 Å². The maximum Gasteiger partial charge on any atom is 0.220 e. The largest absolute Gasteiger partial charge is 0.394 e. The van der Waals surface area contributed by atoms with E-state index in [1.807, 2.05) is 0 Å². The minimum atomic E-state index is -1.82. The molecule has 1 heterocycles. The Bertz CT molecular complexity index is 146. The number of hydrogen-bond acceptors (Lipinski definition) is 5. The third-order valence-electron chi connectivity index (χ3n) is 1.85. The fourth-order valence-electron chi connectivity index (χ4n) is 1.07. The van der Waals surface area contributed by atoms with Crippen molar-refractivity contribution in [3.8, 4) is 0 Å². The van der Waals surface area contributed by atoms with E-state index < -0.39 is 37.3 Å². The zero-order chi connectivity index (χ0) is 9.30. The molecule has 0 bridgehead atoms. The van der Waals surface area contributed by atoms with E-state index in [1.165, 1.54) is 0 Å². The average Bonchev–Trinajstić information content (AvgIpc) is 2.08. The van der Waals surface area contributed by atoms with Crippen molar-refractivity contribution in [1.82, 2.24) is 0 Å². The van der Waals surface area contributed by atoms with Crippen LogP contribution < -0.4 is 0 Å². The molecule has 5 atom stereocenters. The van der Waals surface area contributed by atoms with Crippen LogP contribution in [0.3, 0.4) is 0 Å². The van der Waals surface area contributed by atoms with E-state index in [0.29, 0.717) is 0 Å². The molecule has 0 amide bonds. The highest BCUT2D eigenvalue weighted by Crippen LogP contribution is 2.19. The van der Waals surface area contributed by atoms with Crippen LogP contribution in [-0.4, -0.2) is 57.7 Å². The van der Waals surface area contributed by atoms with Crippen LogP contribution in [0.1, 0.15) is 0 Å². The molecule has 71 valence electrons. The van der Waals surface area contributed by atoms with Crippen molar-refractivity contribution in [3.63, 3.8) is 0 Å². The Morgan fingerprint density at radius 1 is 1.08 bits per heavy atom. The SMILES string of the molecule is [O][C@@H]1OC(CO)[C@H](O)[C@@H](O)C1O. The summed E-state index contributed by atoms with van der Waals surface area (Å²) < 4.78 is 4.46. The summed E-state index contributed by atoms with van der Waals surface area (Å²) in [6.07, 6.45) is -7.57. The molecule has 1 saturated heterocycles. The van der Waals surface area contributed by atoms with Crippen LogP contribution in [0.25, 0.3) is 0 Å². The highest BCUT2D eigenvalue weighted by Gasteiger charge is 2.43. The summed E-state index contributed by atoms with van der Waals surface area (Å²) in [6.45, 7) is -0.566. The zero-order valence-corrected chi connectivity index (χ0v) is 6.20. The maximum atomic E-state index is 10.7. The van der Waals surface area contributed by atoms with Gasteiger partial charge in [-0.15, -0.1) is 0 Å². The van der Waals surface area contributed by atoms with Gasteiger partial charge in [0.15, 0.2) is 0 Å². The van der Waals surface area contributed by atoms with Gasteiger partial charge in [-0.1, -0.05) is 0 Å². The van der Waals surface area contributed by atoms with Gasteiger partial charge < -0.3 is 25.2 Å². The molecule has 6 nitrogen and oxygen atoms in total. The van der Waals surface area contributed by atoms with Crippen LogP contribution >= 0.6 is 0 Å². The second kappa shape index (κ2) is 3.65. The summed E-state index contributed by atoms with van der Waals surface area (Å²) in [6, 6.07) is 0. The van der Waals surface area contributed by atoms with Crippen LogP contribution in [0.5, 0.6) is 0 Å². The number of hydrogen-bond donors (Lipinski definition) is 4. The lowest BCUT2D eigenvalue weighted by atomic mass is 10.00. The summed E-state index contributed by atoms with van der Waals surface area (Å²) in [4.78, 5) is 0. The lowest BCUT2D eigenvalue weighted by Gasteiger charge is -2.36. The summed E-state index contributed by atoms with van der Waals surface area (Å²) in [5.74, 6) is 0. The molecule has 1 aliphatic heterocycles. The molecular formula is C6H11O6. The Hall–Kier alpha value is -0.240. The van der Waals surface area contributed by atoms with Crippen molar-refractivity contribution in [2.45, 2.75) is 30.7 Å². The topological polar surface area (TPSA) is 110 Å². The van der Waals surface area contributed by atoms with Crippen LogP contribution in [-0.2, 0) is 9.84 Å². The summed E-state index contributed by atoms with van der Waals surface area (Å²) in [5.41, 5.74) is 0. The fraction of sp³-hybridized carbons (Fsp3) is 1.00. The van der Waals surface area contributed by atoms with E-state index in [-0.39, 0.29) is 0 Å². The predicted molar refractivity (Wildman–Crippen MR) is 34.5 cm³/mol. The third kappa shape index (κ3) is 1.58. The quantitative estimate of drug-likeness (QED) is 0.348. The van der Waals surface area contributed by atoms with Crippen molar-refractivity contribution in [2.75, 3.05) is 6.61 Å². The Balaban J connectivity index is 2.63. The van der Waals surface area contributed by atoms with Gasteiger partial charge in [0.25, 0.3) is 0 Å². The molecule has 0 aromatic rings. The first-order valence-corrected chi connectivity index (χ1v) is 3.54. The van der Waals surface area contributed by atoms with Gasteiger partial charge >= 0.3 is 0 Å².